The van der Waals surface area contributed by atoms with Crippen LogP contribution in [0.1, 0.15) is 30.7 Å². The minimum absolute atomic E-state index is 0.0179. The van der Waals surface area contributed by atoms with Gasteiger partial charge in [-0.25, -0.2) is 0 Å². The Balaban J connectivity index is 1.93. The Morgan fingerprint density at radius 1 is 1.19 bits per heavy atom. The Hall–Kier alpha value is -1.81. The topological polar surface area (TPSA) is 55.7 Å². The Bertz CT molecular complexity index is 492. The summed E-state index contributed by atoms with van der Waals surface area (Å²) in [4.78, 5) is 28.5. The molecule has 2 rings (SSSR count). The summed E-state index contributed by atoms with van der Waals surface area (Å²) >= 11 is 0. The number of hydrogen-bond acceptors (Lipinski definition) is 4. The summed E-state index contributed by atoms with van der Waals surface area (Å²) in [7, 11) is 1.64. The molecule has 0 unspecified atom stereocenters. The highest BCUT2D eigenvalue weighted by atomic mass is 16.5. The molecule has 0 spiro atoms. The van der Waals surface area contributed by atoms with Crippen molar-refractivity contribution in [2.24, 2.45) is 10.9 Å². The van der Waals surface area contributed by atoms with Gasteiger partial charge in [0.15, 0.2) is 0 Å². The van der Waals surface area contributed by atoms with Crippen LogP contribution in [0.3, 0.4) is 0 Å². The molecule has 21 heavy (non-hydrogen) atoms. The molecule has 4 heteroatoms. The fourth-order valence-electron chi connectivity index (χ4n) is 2.60. The summed E-state index contributed by atoms with van der Waals surface area (Å²) in [5.74, 6) is -0.664. The molecule has 0 aliphatic heterocycles. The van der Waals surface area contributed by atoms with Crippen LogP contribution in [0.25, 0.3) is 0 Å². The molecule has 0 bridgehead atoms. The van der Waals surface area contributed by atoms with Crippen LogP contribution in [0.15, 0.2) is 35.3 Å². The number of Topliss-reactive ketones (excluding diaryl/α,β-unsaturated/α-hetero) is 2. The summed E-state index contributed by atoms with van der Waals surface area (Å²) in [6, 6.07) is 9.77. The number of rotatable bonds is 6. The molecule has 0 radical (unpaired) electrons. The maximum absolute atomic E-state index is 12.2. The van der Waals surface area contributed by atoms with Crippen molar-refractivity contribution >= 4 is 17.8 Å². The van der Waals surface area contributed by atoms with E-state index in [1.54, 1.807) is 7.11 Å². The van der Waals surface area contributed by atoms with Gasteiger partial charge in [0.2, 0.25) is 0 Å². The zero-order chi connectivity index (χ0) is 15.1. The Kier molecular flexibility index (Phi) is 5.81. The van der Waals surface area contributed by atoms with Gasteiger partial charge >= 0.3 is 0 Å². The van der Waals surface area contributed by atoms with Crippen molar-refractivity contribution in [2.45, 2.75) is 25.2 Å². The number of benzene rings is 1. The van der Waals surface area contributed by atoms with Crippen LogP contribution in [-0.2, 0) is 14.3 Å². The fraction of sp³-hybridized carbons (Fsp3) is 0.471. The quantitative estimate of drug-likeness (QED) is 0.459. The molecule has 0 saturated heterocycles. The molecule has 0 aromatic heterocycles. The van der Waals surface area contributed by atoms with Crippen molar-refractivity contribution in [1.82, 2.24) is 0 Å². The van der Waals surface area contributed by atoms with E-state index in [1.165, 1.54) is 6.21 Å². The SMILES string of the molecule is COCCCN=CC1C(=O)CC(c2ccccc2)CC1=O. The molecular formula is C17H21NO3. The van der Waals surface area contributed by atoms with Crippen molar-refractivity contribution in [3.8, 4) is 0 Å². The van der Waals surface area contributed by atoms with Gasteiger partial charge in [0.25, 0.3) is 0 Å². The maximum atomic E-state index is 12.2. The monoisotopic (exact) mass is 287 g/mol. The first-order valence-corrected chi connectivity index (χ1v) is 7.31. The van der Waals surface area contributed by atoms with E-state index in [4.69, 9.17) is 4.74 Å². The van der Waals surface area contributed by atoms with Gasteiger partial charge < -0.3 is 4.74 Å². The van der Waals surface area contributed by atoms with Crippen LogP contribution in [0, 0.1) is 5.92 Å². The van der Waals surface area contributed by atoms with Gasteiger partial charge in [-0.1, -0.05) is 30.3 Å². The van der Waals surface area contributed by atoms with Crippen molar-refractivity contribution in [1.29, 1.82) is 0 Å². The molecule has 0 amide bonds. The highest BCUT2D eigenvalue weighted by Gasteiger charge is 2.34. The lowest BCUT2D eigenvalue weighted by molar-refractivity contribution is -0.133. The molecule has 1 saturated carbocycles. The average Bonchev–Trinajstić information content (AvgIpc) is 2.50. The molecule has 0 atom stereocenters. The van der Waals surface area contributed by atoms with Crippen molar-refractivity contribution < 1.29 is 14.3 Å². The number of aliphatic imine (C=N–C) groups is 1. The first-order valence-electron chi connectivity index (χ1n) is 7.31. The molecule has 1 aliphatic carbocycles. The van der Waals surface area contributed by atoms with Gasteiger partial charge in [-0.2, -0.15) is 0 Å². The fourth-order valence-corrected chi connectivity index (χ4v) is 2.60. The van der Waals surface area contributed by atoms with Crippen molar-refractivity contribution in [2.75, 3.05) is 20.3 Å². The van der Waals surface area contributed by atoms with Crippen LogP contribution in [0.2, 0.25) is 0 Å². The van der Waals surface area contributed by atoms with Gasteiger partial charge in [-0.15, -0.1) is 0 Å². The van der Waals surface area contributed by atoms with E-state index in [2.05, 4.69) is 4.99 Å². The van der Waals surface area contributed by atoms with E-state index in [0.717, 1.165) is 12.0 Å². The Labute approximate surface area is 125 Å². The normalized spacial score (nSPS) is 22.9. The van der Waals surface area contributed by atoms with Crippen LogP contribution in [0.5, 0.6) is 0 Å². The first-order chi connectivity index (χ1) is 10.2. The molecule has 112 valence electrons. The summed E-state index contributed by atoms with van der Waals surface area (Å²) < 4.78 is 4.93. The highest BCUT2D eigenvalue weighted by Crippen LogP contribution is 2.31. The van der Waals surface area contributed by atoms with E-state index in [-0.39, 0.29) is 17.5 Å². The van der Waals surface area contributed by atoms with Crippen LogP contribution >= 0.6 is 0 Å². The lowest BCUT2D eigenvalue weighted by atomic mass is 9.77. The third-order valence-corrected chi connectivity index (χ3v) is 3.75. The minimum Gasteiger partial charge on any atom is -0.385 e. The second-order valence-corrected chi connectivity index (χ2v) is 5.33. The number of methoxy groups -OCH3 is 1. The van der Waals surface area contributed by atoms with Gasteiger partial charge in [0.1, 0.15) is 17.5 Å². The first kappa shape index (κ1) is 15.6. The Morgan fingerprint density at radius 3 is 2.48 bits per heavy atom. The maximum Gasteiger partial charge on any atom is 0.149 e. The number of nitrogens with zero attached hydrogens (tertiary/aromatic N) is 1. The van der Waals surface area contributed by atoms with Gasteiger partial charge in [0.05, 0.1) is 0 Å². The smallest absolute Gasteiger partial charge is 0.149 e. The van der Waals surface area contributed by atoms with Gasteiger partial charge in [-0.3, -0.25) is 14.6 Å². The van der Waals surface area contributed by atoms with E-state index < -0.39 is 5.92 Å². The summed E-state index contributed by atoms with van der Waals surface area (Å²) in [5.41, 5.74) is 1.06. The van der Waals surface area contributed by atoms with Gasteiger partial charge in [0, 0.05) is 39.3 Å². The molecule has 1 aromatic rings. The van der Waals surface area contributed by atoms with Gasteiger partial charge in [-0.05, 0) is 17.9 Å². The highest BCUT2D eigenvalue weighted by molar-refractivity contribution is 6.16. The number of hydrogen-bond donors (Lipinski definition) is 0. The molecule has 4 nitrogen and oxygen atoms in total. The zero-order valence-electron chi connectivity index (χ0n) is 12.3. The Morgan fingerprint density at radius 2 is 1.86 bits per heavy atom. The summed E-state index contributed by atoms with van der Waals surface area (Å²) in [6.07, 6.45) is 3.17. The predicted molar refractivity (Wildman–Crippen MR) is 81.8 cm³/mol. The number of ether oxygens (including phenoxy) is 1. The third-order valence-electron chi connectivity index (χ3n) is 3.75. The molecule has 0 heterocycles. The van der Waals surface area contributed by atoms with E-state index in [0.29, 0.717) is 26.0 Å². The lowest BCUT2D eigenvalue weighted by Crippen LogP contribution is -2.33. The zero-order valence-corrected chi connectivity index (χ0v) is 12.3. The van der Waals surface area contributed by atoms with Crippen LogP contribution in [0.4, 0.5) is 0 Å². The minimum atomic E-state index is -0.646. The molecular weight excluding hydrogens is 266 g/mol. The second-order valence-electron chi connectivity index (χ2n) is 5.33. The second kappa shape index (κ2) is 7.84. The summed E-state index contributed by atoms with van der Waals surface area (Å²) in [6.45, 7) is 1.23. The lowest BCUT2D eigenvalue weighted by Gasteiger charge is -2.24. The third kappa shape index (κ3) is 4.33. The molecule has 1 aromatic carbocycles. The number of carbonyl (C=O) groups excluding carboxylic acids is 2. The van der Waals surface area contributed by atoms with Crippen molar-refractivity contribution in [3.63, 3.8) is 0 Å². The average molecular weight is 287 g/mol. The number of ketones is 2. The van der Waals surface area contributed by atoms with Crippen molar-refractivity contribution in [3.05, 3.63) is 35.9 Å². The summed E-state index contributed by atoms with van der Waals surface area (Å²) in [5, 5.41) is 0. The molecule has 1 aliphatic rings. The number of carbonyl (C=O) groups is 2. The largest absolute Gasteiger partial charge is 0.385 e. The molecule has 0 N–H and O–H groups in total. The van der Waals surface area contributed by atoms with E-state index in [9.17, 15) is 9.59 Å². The predicted octanol–water partition coefficient (Wildman–Crippen LogP) is 2.43. The van der Waals surface area contributed by atoms with E-state index >= 15 is 0 Å². The van der Waals surface area contributed by atoms with E-state index in [1.807, 2.05) is 30.3 Å². The van der Waals surface area contributed by atoms with Crippen LogP contribution in [-0.4, -0.2) is 38.0 Å². The molecule has 1 fully saturated rings. The van der Waals surface area contributed by atoms with Crippen LogP contribution < -0.4 is 0 Å². The standard InChI is InChI=1S/C17H21NO3/c1-21-9-5-8-18-12-15-16(19)10-14(11-17(15)20)13-6-3-2-4-7-13/h2-4,6-7,12,14-15H,5,8-11H2,1H3.